The van der Waals surface area contributed by atoms with Crippen molar-refractivity contribution in [3.8, 4) is 5.75 Å². The lowest BCUT2D eigenvalue weighted by atomic mass is 10.2. The van der Waals surface area contributed by atoms with Gasteiger partial charge in [0.2, 0.25) is 0 Å². The summed E-state index contributed by atoms with van der Waals surface area (Å²) in [5, 5.41) is 4.11. The first-order chi connectivity index (χ1) is 12.7. The van der Waals surface area contributed by atoms with Gasteiger partial charge in [-0.1, -0.05) is 46.3 Å². The highest BCUT2D eigenvalue weighted by Crippen LogP contribution is 2.24. The molecule has 2 aromatic rings. The zero-order valence-corrected chi connectivity index (χ0v) is 17.4. The molecule has 1 N–H and O–H groups in total. The Labute approximate surface area is 169 Å². The van der Waals surface area contributed by atoms with E-state index in [9.17, 15) is 0 Å². The van der Waals surface area contributed by atoms with Gasteiger partial charge in [0.15, 0.2) is 5.11 Å². The van der Waals surface area contributed by atoms with Crippen molar-refractivity contribution < 1.29 is 4.74 Å². The molecule has 2 aromatic carbocycles. The lowest BCUT2D eigenvalue weighted by Crippen LogP contribution is -2.49. The highest BCUT2D eigenvalue weighted by Gasteiger charge is 2.20. The van der Waals surface area contributed by atoms with Crippen molar-refractivity contribution >= 4 is 38.9 Å². The first kappa shape index (κ1) is 19.1. The Balaban J connectivity index is 1.53. The lowest BCUT2D eigenvalue weighted by Gasteiger charge is -2.36. The molecule has 0 aliphatic carbocycles. The van der Waals surface area contributed by atoms with Crippen molar-refractivity contribution in [1.82, 2.24) is 9.80 Å². The first-order valence-electron chi connectivity index (χ1n) is 8.91. The van der Waals surface area contributed by atoms with Crippen molar-refractivity contribution in [3.05, 3.63) is 58.6 Å². The van der Waals surface area contributed by atoms with Crippen molar-refractivity contribution in [2.75, 3.05) is 38.1 Å². The predicted octanol–water partition coefficient (Wildman–Crippen LogP) is 4.36. The van der Waals surface area contributed by atoms with Crippen LogP contribution < -0.4 is 10.1 Å². The van der Waals surface area contributed by atoms with E-state index >= 15 is 0 Å². The minimum Gasteiger partial charge on any atom is -0.492 e. The van der Waals surface area contributed by atoms with Gasteiger partial charge in [0.25, 0.3) is 0 Å². The smallest absolute Gasteiger partial charge is 0.173 e. The Morgan fingerprint density at radius 1 is 1.08 bits per heavy atom. The fourth-order valence-electron chi connectivity index (χ4n) is 3.02. The maximum absolute atomic E-state index is 5.67. The molecule has 1 aliphatic rings. The van der Waals surface area contributed by atoms with E-state index in [4.69, 9.17) is 17.0 Å². The van der Waals surface area contributed by atoms with Gasteiger partial charge in [-0.25, -0.2) is 0 Å². The number of rotatable bonds is 5. The number of anilines is 1. The maximum atomic E-state index is 5.67. The van der Waals surface area contributed by atoms with E-state index in [1.807, 2.05) is 31.2 Å². The van der Waals surface area contributed by atoms with E-state index < -0.39 is 0 Å². The normalized spacial score (nSPS) is 14.9. The molecule has 1 aliphatic heterocycles. The number of hydrogen-bond acceptors (Lipinski definition) is 3. The highest BCUT2D eigenvalue weighted by molar-refractivity contribution is 9.10. The molecule has 0 bridgehead atoms. The second kappa shape index (κ2) is 9.35. The number of nitrogens with zero attached hydrogens (tertiary/aromatic N) is 2. The fourth-order valence-corrected chi connectivity index (χ4v) is 3.72. The lowest BCUT2D eigenvalue weighted by molar-refractivity contribution is 0.176. The van der Waals surface area contributed by atoms with E-state index in [-0.39, 0.29) is 0 Å². The van der Waals surface area contributed by atoms with Gasteiger partial charge in [-0.05, 0) is 42.9 Å². The number of ether oxygens (including phenoxy) is 1. The highest BCUT2D eigenvalue weighted by atomic mass is 79.9. The first-order valence-corrected chi connectivity index (χ1v) is 10.1. The van der Waals surface area contributed by atoms with Gasteiger partial charge in [0.1, 0.15) is 5.75 Å². The Morgan fingerprint density at radius 3 is 2.50 bits per heavy atom. The van der Waals surface area contributed by atoms with Crippen LogP contribution in [0.4, 0.5) is 5.69 Å². The van der Waals surface area contributed by atoms with E-state index in [0.29, 0.717) is 6.61 Å². The van der Waals surface area contributed by atoms with Gasteiger partial charge in [-0.3, -0.25) is 4.90 Å². The molecule has 0 spiro atoms. The van der Waals surface area contributed by atoms with Crippen LogP contribution in [-0.2, 0) is 6.54 Å². The largest absolute Gasteiger partial charge is 0.492 e. The molecule has 3 rings (SSSR count). The van der Waals surface area contributed by atoms with Crippen LogP contribution >= 0.6 is 28.1 Å². The minimum atomic E-state index is 0.638. The Morgan fingerprint density at radius 2 is 1.77 bits per heavy atom. The molecule has 138 valence electrons. The Kier molecular flexibility index (Phi) is 6.88. The second-order valence-corrected chi connectivity index (χ2v) is 7.45. The minimum absolute atomic E-state index is 0.638. The number of para-hydroxylation sites is 2. The number of halogens is 1. The molecular weight excluding hydrogens is 410 g/mol. The number of benzene rings is 2. The molecule has 0 aromatic heterocycles. The van der Waals surface area contributed by atoms with Gasteiger partial charge < -0.3 is 15.0 Å². The quantitative estimate of drug-likeness (QED) is 0.706. The molecule has 0 radical (unpaired) electrons. The van der Waals surface area contributed by atoms with E-state index in [1.54, 1.807) is 0 Å². The summed E-state index contributed by atoms with van der Waals surface area (Å²) in [4.78, 5) is 4.70. The molecule has 0 saturated carbocycles. The molecular formula is C20H24BrN3OS. The second-order valence-electron chi connectivity index (χ2n) is 6.21. The van der Waals surface area contributed by atoms with Crippen LogP contribution in [0.2, 0.25) is 0 Å². The van der Waals surface area contributed by atoms with Gasteiger partial charge >= 0.3 is 0 Å². The van der Waals surface area contributed by atoms with E-state index in [0.717, 1.165) is 49.3 Å². The summed E-state index contributed by atoms with van der Waals surface area (Å²) in [6.45, 7) is 7.42. The standard InChI is InChI=1S/C20H24BrN3OS/c1-2-25-19-10-6-5-9-18(19)22-20(26)24-13-11-23(12-14-24)15-16-7-3-4-8-17(16)21/h3-10H,2,11-15H2,1H3,(H,22,26). The Hall–Kier alpha value is -1.63. The summed E-state index contributed by atoms with van der Waals surface area (Å²) >= 11 is 9.26. The van der Waals surface area contributed by atoms with Crippen LogP contribution in [0.15, 0.2) is 53.0 Å². The molecule has 0 atom stereocenters. The summed E-state index contributed by atoms with van der Waals surface area (Å²) in [6.07, 6.45) is 0. The van der Waals surface area contributed by atoms with Crippen LogP contribution in [0.1, 0.15) is 12.5 Å². The molecule has 4 nitrogen and oxygen atoms in total. The van der Waals surface area contributed by atoms with Gasteiger partial charge in [0.05, 0.1) is 12.3 Å². The molecule has 1 heterocycles. The summed E-state index contributed by atoms with van der Waals surface area (Å²) in [5.41, 5.74) is 2.25. The molecule has 0 amide bonds. The summed E-state index contributed by atoms with van der Waals surface area (Å²) in [7, 11) is 0. The summed E-state index contributed by atoms with van der Waals surface area (Å²) < 4.78 is 6.84. The van der Waals surface area contributed by atoms with Gasteiger partial charge in [-0.15, -0.1) is 0 Å². The summed E-state index contributed by atoms with van der Waals surface area (Å²) in [6, 6.07) is 16.3. The van der Waals surface area contributed by atoms with Crippen LogP contribution in [0.25, 0.3) is 0 Å². The third kappa shape index (κ3) is 4.96. The zero-order valence-electron chi connectivity index (χ0n) is 15.0. The van der Waals surface area contributed by atoms with Crippen molar-refractivity contribution in [1.29, 1.82) is 0 Å². The van der Waals surface area contributed by atoms with Crippen molar-refractivity contribution in [3.63, 3.8) is 0 Å². The molecule has 26 heavy (non-hydrogen) atoms. The number of piperazine rings is 1. The van der Waals surface area contributed by atoms with Crippen LogP contribution in [-0.4, -0.2) is 47.7 Å². The third-order valence-corrected chi connectivity index (χ3v) is 5.57. The molecule has 0 unspecified atom stereocenters. The van der Waals surface area contributed by atoms with Crippen LogP contribution in [0.3, 0.4) is 0 Å². The molecule has 6 heteroatoms. The summed E-state index contributed by atoms with van der Waals surface area (Å²) in [5.74, 6) is 0.838. The third-order valence-electron chi connectivity index (χ3n) is 4.44. The van der Waals surface area contributed by atoms with Gasteiger partial charge in [-0.2, -0.15) is 0 Å². The van der Waals surface area contributed by atoms with Crippen molar-refractivity contribution in [2.45, 2.75) is 13.5 Å². The monoisotopic (exact) mass is 433 g/mol. The number of nitrogens with one attached hydrogen (secondary N) is 1. The van der Waals surface area contributed by atoms with Crippen LogP contribution in [0, 0.1) is 0 Å². The van der Waals surface area contributed by atoms with Gasteiger partial charge in [0, 0.05) is 37.2 Å². The average Bonchev–Trinajstić information content (AvgIpc) is 2.66. The average molecular weight is 434 g/mol. The topological polar surface area (TPSA) is 27.7 Å². The van der Waals surface area contributed by atoms with E-state index in [2.05, 4.69) is 55.3 Å². The van der Waals surface area contributed by atoms with Crippen LogP contribution in [0.5, 0.6) is 5.75 Å². The number of hydrogen-bond donors (Lipinski definition) is 1. The number of thiocarbonyl (C=S) groups is 1. The SMILES string of the molecule is CCOc1ccccc1NC(=S)N1CCN(Cc2ccccc2Br)CC1. The fraction of sp³-hybridized carbons (Fsp3) is 0.350. The van der Waals surface area contributed by atoms with Crippen molar-refractivity contribution in [2.24, 2.45) is 0 Å². The maximum Gasteiger partial charge on any atom is 0.173 e. The molecule has 1 fully saturated rings. The zero-order chi connectivity index (χ0) is 18.4. The predicted molar refractivity (Wildman–Crippen MR) is 115 cm³/mol. The Bertz CT molecular complexity index is 747. The molecule has 1 saturated heterocycles. The van der Waals surface area contributed by atoms with E-state index in [1.165, 1.54) is 10.0 Å².